The summed E-state index contributed by atoms with van der Waals surface area (Å²) >= 11 is 0. The van der Waals surface area contributed by atoms with E-state index >= 15 is 0 Å². The van der Waals surface area contributed by atoms with E-state index in [1.165, 1.54) is 18.9 Å². The lowest BCUT2D eigenvalue weighted by Gasteiger charge is -2.40. The van der Waals surface area contributed by atoms with E-state index in [0.717, 1.165) is 5.56 Å². The quantitative estimate of drug-likeness (QED) is 0.580. The van der Waals surface area contributed by atoms with Crippen LogP contribution in [-0.2, 0) is 23.6 Å². The molecule has 2 aromatic rings. The van der Waals surface area contributed by atoms with E-state index in [1.807, 2.05) is 0 Å². The van der Waals surface area contributed by atoms with Gasteiger partial charge in [-0.25, -0.2) is 0 Å². The number of halogens is 6. The minimum atomic E-state index is -5.06. The first-order valence-electron chi connectivity index (χ1n) is 10.8. The molecule has 0 unspecified atom stereocenters. The van der Waals surface area contributed by atoms with E-state index in [2.05, 4.69) is 5.32 Å². The van der Waals surface area contributed by atoms with Crippen LogP contribution in [0.25, 0.3) is 0 Å². The Kier molecular flexibility index (Phi) is 7.66. The van der Waals surface area contributed by atoms with E-state index in [0.29, 0.717) is 24.3 Å². The average Bonchev–Trinajstić information content (AvgIpc) is 2.77. The Balaban J connectivity index is 1.98. The molecule has 1 aliphatic rings. The van der Waals surface area contributed by atoms with Crippen LogP contribution in [0.15, 0.2) is 42.5 Å². The zero-order chi connectivity index (χ0) is 26.0. The Bertz CT molecular complexity index is 1050. The van der Waals surface area contributed by atoms with Crippen molar-refractivity contribution in [1.82, 2.24) is 10.2 Å². The molecule has 2 aromatic carbocycles. The number of hydrogen-bond acceptors (Lipinski definition) is 3. The highest BCUT2D eigenvalue weighted by molar-refractivity contribution is 5.95. The van der Waals surface area contributed by atoms with Crippen LogP contribution in [0.1, 0.15) is 46.8 Å². The molecule has 0 saturated carbocycles. The first-order valence-corrected chi connectivity index (χ1v) is 10.8. The third-order valence-corrected chi connectivity index (χ3v) is 5.82. The largest absolute Gasteiger partial charge is 0.497 e. The standard InChI is InChI=1S/C24H24F6N2O3/c1-14(33)31-19-6-7-32(20(13-19)8-15-4-3-5-21(9-15)35-2)22(34)16-10-17(23(25,26)27)12-18(11-16)24(28,29)30/h3-5,9-12,19-20H,6-8,13H2,1-2H3,(H,31,33)/t19-,20+/m0/s1. The Morgan fingerprint density at radius 2 is 1.66 bits per heavy atom. The number of likely N-dealkylation sites (tertiary alicyclic amines) is 1. The minimum Gasteiger partial charge on any atom is -0.497 e. The summed E-state index contributed by atoms with van der Waals surface area (Å²) in [5.74, 6) is -0.652. The van der Waals surface area contributed by atoms with Crippen molar-refractivity contribution in [2.75, 3.05) is 13.7 Å². The predicted octanol–water partition coefficient (Wildman–Crippen LogP) is 5.08. The van der Waals surface area contributed by atoms with Crippen LogP contribution in [0.3, 0.4) is 0 Å². The molecule has 1 fully saturated rings. The number of amides is 2. The fourth-order valence-electron chi connectivity index (χ4n) is 4.25. The van der Waals surface area contributed by atoms with Gasteiger partial charge < -0.3 is 15.0 Å². The number of alkyl halides is 6. The summed E-state index contributed by atoms with van der Waals surface area (Å²) in [5.41, 5.74) is -3.03. The fourth-order valence-corrected chi connectivity index (χ4v) is 4.25. The van der Waals surface area contributed by atoms with Gasteiger partial charge in [-0.2, -0.15) is 26.3 Å². The molecule has 2 atom stereocenters. The molecule has 2 amide bonds. The van der Waals surface area contributed by atoms with Crippen LogP contribution >= 0.6 is 0 Å². The van der Waals surface area contributed by atoms with Gasteiger partial charge >= 0.3 is 12.4 Å². The summed E-state index contributed by atoms with van der Waals surface area (Å²) in [4.78, 5) is 26.1. The van der Waals surface area contributed by atoms with Gasteiger partial charge in [0.25, 0.3) is 5.91 Å². The summed E-state index contributed by atoms with van der Waals surface area (Å²) in [6.07, 6.45) is -9.26. The number of methoxy groups -OCH3 is 1. The lowest BCUT2D eigenvalue weighted by molar-refractivity contribution is -0.143. The molecule has 1 heterocycles. The highest BCUT2D eigenvalue weighted by Crippen LogP contribution is 2.37. The van der Waals surface area contributed by atoms with Crippen molar-refractivity contribution < 1.29 is 40.7 Å². The average molecular weight is 502 g/mol. The first kappa shape index (κ1) is 26.4. The maximum Gasteiger partial charge on any atom is 0.416 e. The van der Waals surface area contributed by atoms with Gasteiger partial charge in [-0.15, -0.1) is 0 Å². The number of piperidine rings is 1. The smallest absolute Gasteiger partial charge is 0.416 e. The summed E-state index contributed by atoms with van der Waals surface area (Å²) in [6.45, 7) is 1.39. The molecule has 0 aliphatic carbocycles. The summed E-state index contributed by atoms with van der Waals surface area (Å²) in [6, 6.07) is 6.97. The summed E-state index contributed by atoms with van der Waals surface area (Å²) < 4.78 is 85.0. The van der Waals surface area contributed by atoms with Crippen molar-refractivity contribution in [3.8, 4) is 5.75 Å². The molecule has 0 spiro atoms. The number of rotatable bonds is 5. The molecule has 35 heavy (non-hydrogen) atoms. The zero-order valence-corrected chi connectivity index (χ0v) is 19.0. The van der Waals surface area contributed by atoms with E-state index in [4.69, 9.17) is 4.74 Å². The Labute approximate surface area is 198 Å². The van der Waals surface area contributed by atoms with Gasteiger partial charge in [0.1, 0.15) is 5.75 Å². The SMILES string of the molecule is COc1cccc(C[C@@H]2C[C@@H](NC(C)=O)CCN2C(=O)c2cc(C(F)(F)F)cc(C(F)(F)F)c2)c1. The Morgan fingerprint density at radius 3 is 2.20 bits per heavy atom. The normalized spacial score (nSPS) is 18.8. The van der Waals surface area contributed by atoms with Crippen LogP contribution in [-0.4, -0.2) is 42.5 Å². The first-order chi connectivity index (χ1) is 16.3. The van der Waals surface area contributed by atoms with Crippen LogP contribution in [0.2, 0.25) is 0 Å². The van der Waals surface area contributed by atoms with Crippen molar-refractivity contribution in [3.05, 3.63) is 64.7 Å². The second kappa shape index (κ2) is 10.2. The lowest BCUT2D eigenvalue weighted by atomic mass is 9.91. The molecule has 0 radical (unpaired) electrons. The molecule has 0 aromatic heterocycles. The van der Waals surface area contributed by atoms with Gasteiger partial charge in [0.05, 0.1) is 18.2 Å². The number of ether oxygens (including phenoxy) is 1. The Morgan fingerprint density at radius 1 is 1.03 bits per heavy atom. The second-order valence-electron chi connectivity index (χ2n) is 8.42. The molecular formula is C24H24F6N2O3. The van der Waals surface area contributed by atoms with Crippen molar-refractivity contribution in [2.24, 2.45) is 0 Å². The number of nitrogens with one attached hydrogen (secondary N) is 1. The monoisotopic (exact) mass is 502 g/mol. The topological polar surface area (TPSA) is 58.6 Å². The van der Waals surface area contributed by atoms with E-state index in [1.54, 1.807) is 24.3 Å². The maximum absolute atomic E-state index is 13.3. The molecule has 11 heteroatoms. The van der Waals surface area contributed by atoms with E-state index < -0.39 is 41.0 Å². The zero-order valence-electron chi connectivity index (χ0n) is 19.0. The van der Waals surface area contributed by atoms with Gasteiger partial charge in [0.2, 0.25) is 5.91 Å². The predicted molar refractivity (Wildman–Crippen MR) is 115 cm³/mol. The second-order valence-corrected chi connectivity index (χ2v) is 8.42. The molecular weight excluding hydrogens is 478 g/mol. The van der Waals surface area contributed by atoms with Crippen LogP contribution in [0.5, 0.6) is 5.75 Å². The lowest BCUT2D eigenvalue weighted by Crippen LogP contribution is -2.52. The van der Waals surface area contributed by atoms with Crippen LogP contribution < -0.4 is 10.1 Å². The van der Waals surface area contributed by atoms with Crippen LogP contribution in [0.4, 0.5) is 26.3 Å². The van der Waals surface area contributed by atoms with Gasteiger partial charge in [-0.1, -0.05) is 12.1 Å². The van der Waals surface area contributed by atoms with Gasteiger partial charge in [0.15, 0.2) is 0 Å². The minimum absolute atomic E-state index is 0.00643. The van der Waals surface area contributed by atoms with Gasteiger partial charge in [-0.05, 0) is 55.2 Å². The third-order valence-electron chi connectivity index (χ3n) is 5.82. The summed E-state index contributed by atoms with van der Waals surface area (Å²) in [5, 5.41) is 2.78. The summed E-state index contributed by atoms with van der Waals surface area (Å²) in [7, 11) is 1.48. The van der Waals surface area contributed by atoms with Crippen molar-refractivity contribution in [1.29, 1.82) is 0 Å². The highest BCUT2D eigenvalue weighted by atomic mass is 19.4. The van der Waals surface area contributed by atoms with Gasteiger partial charge in [0, 0.05) is 31.1 Å². The molecule has 1 saturated heterocycles. The molecule has 190 valence electrons. The number of nitrogens with zero attached hydrogens (tertiary/aromatic N) is 1. The molecule has 5 nitrogen and oxygen atoms in total. The number of hydrogen-bond donors (Lipinski definition) is 1. The fraction of sp³-hybridized carbons (Fsp3) is 0.417. The van der Waals surface area contributed by atoms with Crippen LogP contribution in [0, 0.1) is 0 Å². The Hall–Kier alpha value is -3.24. The van der Waals surface area contributed by atoms with E-state index in [9.17, 15) is 35.9 Å². The molecule has 3 rings (SSSR count). The number of carbonyl (C=O) groups excluding carboxylic acids is 2. The molecule has 1 N–H and O–H groups in total. The third kappa shape index (κ3) is 6.67. The van der Waals surface area contributed by atoms with Crippen molar-refractivity contribution >= 4 is 11.8 Å². The van der Waals surface area contributed by atoms with Crippen molar-refractivity contribution in [3.63, 3.8) is 0 Å². The molecule has 1 aliphatic heterocycles. The number of carbonyl (C=O) groups is 2. The van der Waals surface area contributed by atoms with Crippen molar-refractivity contribution in [2.45, 2.75) is 50.6 Å². The molecule has 0 bridgehead atoms. The number of benzene rings is 2. The van der Waals surface area contributed by atoms with E-state index in [-0.39, 0.29) is 37.4 Å². The maximum atomic E-state index is 13.3. The van der Waals surface area contributed by atoms with Gasteiger partial charge in [-0.3, -0.25) is 9.59 Å². The highest BCUT2D eigenvalue weighted by Gasteiger charge is 2.39.